The van der Waals surface area contributed by atoms with Crippen molar-refractivity contribution >= 4 is 15.9 Å². The minimum atomic E-state index is -0.102. The molecule has 5 nitrogen and oxygen atoms in total. The van der Waals surface area contributed by atoms with E-state index in [0.717, 1.165) is 10.0 Å². The zero-order valence-electron chi connectivity index (χ0n) is 10.4. The van der Waals surface area contributed by atoms with E-state index in [0.29, 0.717) is 11.7 Å². The van der Waals surface area contributed by atoms with E-state index in [1.807, 2.05) is 24.3 Å². The van der Waals surface area contributed by atoms with Crippen LogP contribution in [0.15, 0.2) is 62.5 Å². The third-order valence-electron chi connectivity index (χ3n) is 2.76. The Hall–Kier alpha value is -2.21. The van der Waals surface area contributed by atoms with Gasteiger partial charge in [-0.15, -0.1) is 0 Å². The lowest BCUT2D eigenvalue weighted by Crippen LogP contribution is -2.18. The summed E-state index contributed by atoms with van der Waals surface area (Å²) in [7, 11) is 0. The van der Waals surface area contributed by atoms with Gasteiger partial charge in [0, 0.05) is 22.3 Å². The fraction of sp³-hybridized carbons (Fsp3) is 0.0714. The van der Waals surface area contributed by atoms with Gasteiger partial charge in [0.1, 0.15) is 6.54 Å². The Morgan fingerprint density at radius 3 is 2.90 bits per heavy atom. The highest BCUT2D eigenvalue weighted by molar-refractivity contribution is 9.10. The van der Waals surface area contributed by atoms with Gasteiger partial charge in [0.15, 0.2) is 0 Å². The molecule has 2 heterocycles. The van der Waals surface area contributed by atoms with Crippen LogP contribution in [-0.2, 0) is 6.54 Å². The molecule has 0 aliphatic rings. The predicted octanol–water partition coefficient (Wildman–Crippen LogP) is 2.71. The van der Waals surface area contributed by atoms with Crippen LogP contribution < -0.4 is 5.56 Å². The van der Waals surface area contributed by atoms with Gasteiger partial charge >= 0.3 is 0 Å². The highest BCUT2D eigenvalue weighted by Gasteiger charge is 2.09. The van der Waals surface area contributed by atoms with E-state index >= 15 is 0 Å². The van der Waals surface area contributed by atoms with Crippen LogP contribution in [0, 0.1) is 0 Å². The molecule has 0 spiro atoms. The molecule has 0 amide bonds. The first kappa shape index (κ1) is 12.8. The molecule has 3 rings (SSSR count). The van der Waals surface area contributed by atoms with Crippen molar-refractivity contribution in [2.45, 2.75) is 6.54 Å². The number of aromatic nitrogens is 3. The summed E-state index contributed by atoms with van der Waals surface area (Å²) in [5, 5.41) is 3.93. The highest BCUT2D eigenvalue weighted by atomic mass is 79.9. The van der Waals surface area contributed by atoms with Crippen LogP contribution >= 0.6 is 15.9 Å². The summed E-state index contributed by atoms with van der Waals surface area (Å²) in [4.78, 5) is 15.9. The summed E-state index contributed by atoms with van der Waals surface area (Å²) in [5.41, 5.74) is 0.754. The fourth-order valence-corrected chi connectivity index (χ4v) is 2.20. The first-order chi connectivity index (χ1) is 9.72. The van der Waals surface area contributed by atoms with Crippen LogP contribution in [0.25, 0.3) is 11.4 Å². The van der Waals surface area contributed by atoms with Gasteiger partial charge in [-0.25, -0.2) is 0 Å². The molecule has 0 bridgehead atoms. The van der Waals surface area contributed by atoms with Crippen molar-refractivity contribution in [2.24, 2.45) is 0 Å². The highest BCUT2D eigenvalue weighted by Crippen LogP contribution is 2.20. The SMILES string of the molecule is O=c1ccccn1Cc1nc(-c2cccc(Br)c2)no1. The van der Waals surface area contributed by atoms with Crippen LogP contribution in [0.4, 0.5) is 0 Å². The molecule has 0 aliphatic heterocycles. The van der Waals surface area contributed by atoms with Crippen LogP contribution in [0.2, 0.25) is 0 Å². The van der Waals surface area contributed by atoms with Gasteiger partial charge in [-0.1, -0.05) is 39.3 Å². The molecular weight excluding hydrogens is 322 g/mol. The third kappa shape index (κ3) is 2.70. The molecule has 6 heteroatoms. The van der Waals surface area contributed by atoms with Crippen molar-refractivity contribution < 1.29 is 4.52 Å². The van der Waals surface area contributed by atoms with Gasteiger partial charge < -0.3 is 9.09 Å². The molecule has 0 aliphatic carbocycles. The fourth-order valence-electron chi connectivity index (χ4n) is 1.80. The van der Waals surface area contributed by atoms with Gasteiger partial charge in [0.2, 0.25) is 11.7 Å². The van der Waals surface area contributed by atoms with Crippen molar-refractivity contribution in [3.8, 4) is 11.4 Å². The van der Waals surface area contributed by atoms with Crippen molar-refractivity contribution in [3.63, 3.8) is 0 Å². The second kappa shape index (κ2) is 5.42. The Morgan fingerprint density at radius 1 is 1.20 bits per heavy atom. The first-order valence-electron chi connectivity index (χ1n) is 5.96. The van der Waals surface area contributed by atoms with Gasteiger partial charge in [0.25, 0.3) is 5.56 Å². The number of pyridine rings is 1. The molecule has 3 aromatic rings. The van der Waals surface area contributed by atoms with Crippen molar-refractivity contribution in [3.05, 3.63) is 69.4 Å². The molecule has 20 heavy (non-hydrogen) atoms. The molecule has 0 saturated carbocycles. The smallest absolute Gasteiger partial charge is 0.250 e. The van der Waals surface area contributed by atoms with E-state index in [4.69, 9.17) is 4.52 Å². The van der Waals surface area contributed by atoms with E-state index in [1.165, 1.54) is 10.6 Å². The second-order valence-corrected chi connectivity index (χ2v) is 5.10. The predicted molar refractivity (Wildman–Crippen MR) is 77.2 cm³/mol. The normalized spacial score (nSPS) is 10.7. The Morgan fingerprint density at radius 2 is 2.10 bits per heavy atom. The van der Waals surface area contributed by atoms with Gasteiger partial charge in [0.05, 0.1) is 0 Å². The number of benzene rings is 1. The lowest BCUT2D eigenvalue weighted by molar-refractivity contribution is 0.370. The molecular formula is C14H10BrN3O2. The lowest BCUT2D eigenvalue weighted by atomic mass is 10.2. The van der Waals surface area contributed by atoms with Crippen molar-refractivity contribution in [1.82, 2.24) is 14.7 Å². The van der Waals surface area contributed by atoms with Crippen LogP contribution in [0.5, 0.6) is 0 Å². The zero-order valence-corrected chi connectivity index (χ0v) is 11.9. The molecule has 100 valence electrons. The van der Waals surface area contributed by atoms with E-state index in [2.05, 4.69) is 26.1 Å². The number of rotatable bonds is 3. The number of halogens is 1. The molecule has 0 unspecified atom stereocenters. The summed E-state index contributed by atoms with van der Waals surface area (Å²) in [6, 6.07) is 12.6. The molecule has 0 radical (unpaired) electrons. The average Bonchev–Trinajstić information content (AvgIpc) is 2.90. The molecule has 0 fully saturated rings. The van der Waals surface area contributed by atoms with Crippen LogP contribution in [0.1, 0.15) is 5.89 Å². The van der Waals surface area contributed by atoms with Gasteiger partial charge in [-0.3, -0.25) is 4.79 Å². The second-order valence-electron chi connectivity index (χ2n) is 4.19. The maximum atomic E-state index is 11.6. The molecule has 0 N–H and O–H groups in total. The molecule has 0 atom stereocenters. The third-order valence-corrected chi connectivity index (χ3v) is 3.25. The average molecular weight is 332 g/mol. The molecule has 2 aromatic heterocycles. The number of hydrogen-bond donors (Lipinski definition) is 0. The van der Waals surface area contributed by atoms with Crippen molar-refractivity contribution in [2.75, 3.05) is 0 Å². The molecule has 1 aromatic carbocycles. The van der Waals surface area contributed by atoms with Gasteiger partial charge in [-0.05, 0) is 18.2 Å². The van der Waals surface area contributed by atoms with Crippen LogP contribution in [-0.4, -0.2) is 14.7 Å². The number of nitrogens with zero attached hydrogens (tertiary/aromatic N) is 3. The Labute approximate surface area is 123 Å². The first-order valence-corrected chi connectivity index (χ1v) is 6.76. The van der Waals surface area contributed by atoms with E-state index in [9.17, 15) is 4.79 Å². The summed E-state index contributed by atoms with van der Waals surface area (Å²) in [6.45, 7) is 0.265. The van der Waals surface area contributed by atoms with E-state index in [1.54, 1.807) is 18.3 Å². The van der Waals surface area contributed by atoms with E-state index in [-0.39, 0.29) is 12.1 Å². The lowest BCUT2D eigenvalue weighted by Gasteiger charge is -1.99. The maximum Gasteiger partial charge on any atom is 0.250 e. The molecule has 0 saturated heterocycles. The van der Waals surface area contributed by atoms with E-state index < -0.39 is 0 Å². The number of hydrogen-bond acceptors (Lipinski definition) is 4. The zero-order chi connectivity index (χ0) is 13.9. The summed E-state index contributed by atoms with van der Waals surface area (Å²) in [6.07, 6.45) is 1.69. The standard InChI is InChI=1S/C14H10BrN3O2/c15-11-5-3-4-10(8-11)14-16-12(20-17-14)9-18-7-2-1-6-13(18)19/h1-8H,9H2. The van der Waals surface area contributed by atoms with Crippen LogP contribution in [0.3, 0.4) is 0 Å². The van der Waals surface area contributed by atoms with Crippen molar-refractivity contribution in [1.29, 1.82) is 0 Å². The Kier molecular flexibility index (Phi) is 3.47. The Bertz CT molecular complexity index is 795. The summed E-state index contributed by atoms with van der Waals surface area (Å²) < 4.78 is 7.64. The minimum Gasteiger partial charge on any atom is -0.337 e. The Balaban J connectivity index is 1.88. The summed E-state index contributed by atoms with van der Waals surface area (Å²) >= 11 is 3.40. The largest absolute Gasteiger partial charge is 0.337 e. The van der Waals surface area contributed by atoms with Gasteiger partial charge in [-0.2, -0.15) is 4.98 Å². The summed E-state index contributed by atoms with van der Waals surface area (Å²) in [5.74, 6) is 0.901. The monoisotopic (exact) mass is 331 g/mol. The topological polar surface area (TPSA) is 60.9 Å². The minimum absolute atomic E-state index is 0.102. The maximum absolute atomic E-state index is 11.6. The quantitative estimate of drug-likeness (QED) is 0.740.